The van der Waals surface area contributed by atoms with Crippen LogP contribution in [0.15, 0.2) is 24.3 Å². The quantitative estimate of drug-likeness (QED) is 0.916. The number of rotatable bonds is 4. The second kappa shape index (κ2) is 6.95. The second-order valence-corrected chi connectivity index (χ2v) is 5.24. The third kappa shape index (κ3) is 3.99. The topological polar surface area (TPSA) is 62.1 Å². The highest BCUT2D eigenvalue weighted by molar-refractivity contribution is 5.81. The predicted molar refractivity (Wildman–Crippen MR) is 76.3 cm³/mol. The first kappa shape index (κ1) is 14.4. The monoisotopic (exact) mass is 272 g/mol. The van der Waals surface area contributed by atoms with E-state index >= 15 is 0 Å². The van der Waals surface area contributed by atoms with Crippen molar-refractivity contribution in [2.24, 2.45) is 0 Å². The van der Waals surface area contributed by atoms with Crippen molar-refractivity contribution in [1.82, 2.24) is 5.32 Å². The molecule has 1 N–H and O–H groups in total. The fourth-order valence-corrected chi connectivity index (χ4v) is 2.46. The first-order valence-electron chi connectivity index (χ1n) is 7.16. The molecule has 20 heavy (non-hydrogen) atoms. The largest absolute Gasteiger partial charge is 0.481 e. The van der Waals surface area contributed by atoms with Gasteiger partial charge in [-0.15, -0.1) is 0 Å². The summed E-state index contributed by atoms with van der Waals surface area (Å²) in [4.78, 5) is 12.1. The maximum absolute atomic E-state index is 12.1. The fraction of sp³-hybridized carbons (Fsp3) is 0.500. The van der Waals surface area contributed by atoms with Gasteiger partial charge in [0.15, 0.2) is 6.10 Å². The summed E-state index contributed by atoms with van der Waals surface area (Å²) in [7, 11) is 0. The molecule has 1 aromatic rings. The number of ether oxygens (including phenoxy) is 1. The number of carbonyl (C=O) groups is 1. The summed E-state index contributed by atoms with van der Waals surface area (Å²) in [5, 5.41) is 11.9. The lowest BCUT2D eigenvalue weighted by Crippen LogP contribution is -2.43. The average Bonchev–Trinajstić information content (AvgIpc) is 2.48. The lowest BCUT2D eigenvalue weighted by Gasteiger charge is -2.24. The van der Waals surface area contributed by atoms with Gasteiger partial charge in [0.1, 0.15) is 5.75 Å². The van der Waals surface area contributed by atoms with Crippen molar-refractivity contribution in [2.45, 2.75) is 51.2 Å². The van der Waals surface area contributed by atoms with Crippen LogP contribution in [0.3, 0.4) is 0 Å². The summed E-state index contributed by atoms with van der Waals surface area (Å²) in [6.07, 6.45) is 5.20. The van der Waals surface area contributed by atoms with E-state index in [0.29, 0.717) is 11.3 Å². The van der Waals surface area contributed by atoms with Gasteiger partial charge in [0.05, 0.1) is 11.6 Å². The molecule has 2 rings (SSSR count). The molecule has 0 saturated heterocycles. The molecule has 1 atom stereocenters. The van der Waals surface area contributed by atoms with Crippen molar-refractivity contribution in [2.75, 3.05) is 0 Å². The normalized spacial score (nSPS) is 17.0. The molecule has 1 aromatic carbocycles. The Morgan fingerprint density at radius 3 is 2.85 bits per heavy atom. The van der Waals surface area contributed by atoms with Crippen LogP contribution in [0.2, 0.25) is 0 Å². The minimum absolute atomic E-state index is 0.0840. The molecule has 0 aliphatic heterocycles. The molecule has 1 fully saturated rings. The summed E-state index contributed by atoms with van der Waals surface area (Å²) >= 11 is 0. The average molecular weight is 272 g/mol. The summed E-state index contributed by atoms with van der Waals surface area (Å²) in [5.41, 5.74) is 0.530. The van der Waals surface area contributed by atoms with Gasteiger partial charge < -0.3 is 10.1 Å². The van der Waals surface area contributed by atoms with E-state index in [1.165, 1.54) is 19.3 Å². The molecule has 4 nitrogen and oxygen atoms in total. The van der Waals surface area contributed by atoms with Crippen molar-refractivity contribution < 1.29 is 9.53 Å². The number of nitriles is 1. The molecular formula is C16H20N2O2. The Morgan fingerprint density at radius 1 is 1.40 bits per heavy atom. The maximum Gasteiger partial charge on any atom is 0.260 e. The van der Waals surface area contributed by atoms with E-state index in [9.17, 15) is 4.79 Å². The zero-order chi connectivity index (χ0) is 14.4. The van der Waals surface area contributed by atoms with E-state index in [0.717, 1.165) is 12.8 Å². The van der Waals surface area contributed by atoms with Gasteiger partial charge in [-0.25, -0.2) is 0 Å². The first-order chi connectivity index (χ1) is 9.69. The van der Waals surface area contributed by atoms with E-state index in [1.807, 2.05) is 0 Å². The Morgan fingerprint density at radius 2 is 2.15 bits per heavy atom. The Hall–Kier alpha value is -2.02. The van der Waals surface area contributed by atoms with Crippen molar-refractivity contribution in [3.8, 4) is 11.8 Å². The predicted octanol–water partition coefficient (Wildman–Crippen LogP) is 2.77. The lowest BCUT2D eigenvalue weighted by molar-refractivity contribution is -0.128. The molecule has 0 spiro atoms. The Balaban J connectivity index is 1.88. The van der Waals surface area contributed by atoms with Crippen molar-refractivity contribution in [3.05, 3.63) is 29.8 Å². The van der Waals surface area contributed by atoms with E-state index in [-0.39, 0.29) is 11.9 Å². The van der Waals surface area contributed by atoms with Gasteiger partial charge in [0.25, 0.3) is 5.91 Å². The van der Waals surface area contributed by atoms with Crippen LogP contribution in [-0.2, 0) is 4.79 Å². The molecule has 1 aliphatic rings. The van der Waals surface area contributed by atoms with Crippen molar-refractivity contribution in [3.63, 3.8) is 0 Å². The minimum Gasteiger partial charge on any atom is -0.481 e. The van der Waals surface area contributed by atoms with Crippen LogP contribution in [0.25, 0.3) is 0 Å². The molecular weight excluding hydrogens is 252 g/mol. The summed E-state index contributed by atoms with van der Waals surface area (Å²) in [5.74, 6) is 0.467. The van der Waals surface area contributed by atoms with Crippen LogP contribution < -0.4 is 10.1 Å². The third-order valence-electron chi connectivity index (χ3n) is 3.60. The molecule has 1 amide bonds. The zero-order valence-corrected chi connectivity index (χ0v) is 11.8. The highest BCUT2D eigenvalue weighted by atomic mass is 16.5. The number of hydrogen-bond donors (Lipinski definition) is 1. The number of amides is 1. The number of carbonyl (C=O) groups excluding carboxylic acids is 1. The van der Waals surface area contributed by atoms with E-state index in [4.69, 9.17) is 10.00 Å². The van der Waals surface area contributed by atoms with Gasteiger partial charge in [-0.05, 0) is 38.0 Å². The second-order valence-electron chi connectivity index (χ2n) is 5.24. The highest BCUT2D eigenvalue weighted by Gasteiger charge is 2.20. The lowest BCUT2D eigenvalue weighted by atomic mass is 9.95. The summed E-state index contributed by atoms with van der Waals surface area (Å²) in [6.45, 7) is 1.73. The first-order valence-corrected chi connectivity index (χ1v) is 7.16. The molecule has 106 valence electrons. The fourth-order valence-electron chi connectivity index (χ4n) is 2.46. The van der Waals surface area contributed by atoms with Crippen LogP contribution >= 0.6 is 0 Å². The van der Waals surface area contributed by atoms with Crippen LogP contribution in [-0.4, -0.2) is 18.1 Å². The van der Waals surface area contributed by atoms with Gasteiger partial charge in [0, 0.05) is 6.04 Å². The summed E-state index contributed by atoms with van der Waals surface area (Å²) < 4.78 is 5.60. The number of hydrogen-bond acceptors (Lipinski definition) is 3. The van der Waals surface area contributed by atoms with Gasteiger partial charge in [0.2, 0.25) is 0 Å². The van der Waals surface area contributed by atoms with E-state index < -0.39 is 6.10 Å². The van der Waals surface area contributed by atoms with Crippen LogP contribution in [0.5, 0.6) is 5.75 Å². The number of nitrogens with one attached hydrogen (secondary N) is 1. The smallest absolute Gasteiger partial charge is 0.260 e. The van der Waals surface area contributed by atoms with Crippen molar-refractivity contribution in [1.29, 1.82) is 5.26 Å². The van der Waals surface area contributed by atoms with Gasteiger partial charge in [-0.2, -0.15) is 5.26 Å². The molecule has 0 bridgehead atoms. The Bertz CT molecular complexity index is 501. The molecule has 1 saturated carbocycles. The Kier molecular flexibility index (Phi) is 5.00. The van der Waals surface area contributed by atoms with Crippen molar-refractivity contribution >= 4 is 5.91 Å². The SMILES string of the molecule is C[C@@H](Oc1cccc(C#N)c1)C(=O)NC1CCCCC1. The van der Waals surface area contributed by atoms with Crippen LogP contribution in [0.4, 0.5) is 0 Å². The number of nitrogens with zero attached hydrogens (tertiary/aromatic N) is 1. The zero-order valence-electron chi connectivity index (χ0n) is 11.8. The highest BCUT2D eigenvalue weighted by Crippen LogP contribution is 2.18. The van der Waals surface area contributed by atoms with Gasteiger partial charge in [-0.1, -0.05) is 25.3 Å². The standard InChI is InChI=1S/C16H20N2O2/c1-12(16(19)18-14-7-3-2-4-8-14)20-15-9-5-6-13(10-15)11-17/h5-6,9-10,12,14H,2-4,7-8H2,1H3,(H,18,19)/t12-/m1/s1. The molecule has 0 aromatic heterocycles. The molecule has 0 unspecified atom stereocenters. The van der Waals surface area contributed by atoms with Gasteiger partial charge in [-0.3, -0.25) is 4.79 Å². The van der Waals surface area contributed by atoms with E-state index in [2.05, 4.69) is 11.4 Å². The number of benzene rings is 1. The molecule has 0 heterocycles. The van der Waals surface area contributed by atoms with Crippen LogP contribution in [0, 0.1) is 11.3 Å². The van der Waals surface area contributed by atoms with Gasteiger partial charge >= 0.3 is 0 Å². The van der Waals surface area contributed by atoms with Crippen LogP contribution in [0.1, 0.15) is 44.6 Å². The third-order valence-corrected chi connectivity index (χ3v) is 3.60. The van der Waals surface area contributed by atoms with E-state index in [1.54, 1.807) is 31.2 Å². The minimum atomic E-state index is -0.550. The Labute approximate surface area is 119 Å². The maximum atomic E-state index is 12.1. The molecule has 4 heteroatoms. The molecule has 0 radical (unpaired) electrons. The summed E-state index contributed by atoms with van der Waals surface area (Å²) in [6, 6.07) is 9.20. The molecule has 1 aliphatic carbocycles.